The third kappa shape index (κ3) is 7.30. The van der Waals surface area contributed by atoms with Crippen LogP contribution in [0.3, 0.4) is 0 Å². The highest BCUT2D eigenvalue weighted by Crippen LogP contribution is 2.44. The molecule has 1 aromatic heterocycles. The zero-order valence-electron chi connectivity index (χ0n) is 23.2. The van der Waals surface area contributed by atoms with Crippen LogP contribution >= 0.6 is 0 Å². The van der Waals surface area contributed by atoms with E-state index >= 15 is 0 Å². The number of esters is 1. The summed E-state index contributed by atoms with van der Waals surface area (Å²) in [6.45, 7) is 3.07. The van der Waals surface area contributed by atoms with Gasteiger partial charge in [0.05, 0.1) is 6.61 Å². The standard InChI is InChI=1S/C30H34N4O7/c1-3-4-15-40-27(36)18-33(26(35)17-34-16-20(2)28(37)32-29(34)38)14-13-31-30(39)41-19-25-23-11-7-5-9-21(23)22-10-6-8-12-24(22)25/h5-12,16,25H,3-4,13-15,17-19H2,1-2H3,(H,31,39)(H,32,37,38). The molecule has 0 saturated heterocycles. The van der Waals surface area contributed by atoms with Crippen LogP contribution in [0, 0.1) is 6.92 Å². The largest absolute Gasteiger partial charge is 0.464 e. The Morgan fingerprint density at radius 2 is 1.66 bits per heavy atom. The van der Waals surface area contributed by atoms with Gasteiger partial charge in [-0.25, -0.2) is 9.59 Å². The molecule has 1 heterocycles. The topological polar surface area (TPSA) is 140 Å². The van der Waals surface area contributed by atoms with Gasteiger partial charge in [-0.1, -0.05) is 61.9 Å². The van der Waals surface area contributed by atoms with Crippen LogP contribution < -0.4 is 16.6 Å². The molecule has 0 spiro atoms. The second kappa shape index (κ2) is 13.6. The zero-order valence-corrected chi connectivity index (χ0v) is 23.2. The van der Waals surface area contributed by atoms with Crippen LogP contribution in [0.1, 0.15) is 42.4 Å². The van der Waals surface area contributed by atoms with Crippen molar-refractivity contribution in [3.63, 3.8) is 0 Å². The van der Waals surface area contributed by atoms with Crippen molar-refractivity contribution in [3.05, 3.63) is 92.3 Å². The predicted octanol–water partition coefficient (Wildman–Crippen LogP) is 2.56. The quantitative estimate of drug-likeness (QED) is 0.255. The van der Waals surface area contributed by atoms with Crippen LogP contribution in [0.5, 0.6) is 0 Å². The maximum Gasteiger partial charge on any atom is 0.407 e. The summed E-state index contributed by atoms with van der Waals surface area (Å²) in [5, 5.41) is 2.63. The molecule has 0 unspecified atom stereocenters. The lowest BCUT2D eigenvalue weighted by molar-refractivity contribution is -0.149. The molecule has 1 aliphatic carbocycles. The molecule has 11 nitrogen and oxygen atoms in total. The van der Waals surface area contributed by atoms with E-state index in [4.69, 9.17) is 9.47 Å². The maximum atomic E-state index is 13.1. The number of unbranched alkanes of at least 4 members (excludes halogenated alkanes) is 1. The molecule has 0 fully saturated rings. The number of aromatic amines is 1. The molecule has 0 radical (unpaired) electrons. The average Bonchev–Trinajstić information content (AvgIpc) is 3.28. The number of amides is 2. The molecule has 0 bridgehead atoms. The SMILES string of the molecule is CCCCOC(=O)CN(CCNC(=O)OCC1c2ccccc2-c2ccccc21)C(=O)Cn1cc(C)c(=O)[nH]c1=O. The number of hydrogen-bond acceptors (Lipinski definition) is 7. The number of hydrogen-bond donors (Lipinski definition) is 2. The second-order valence-corrected chi connectivity index (χ2v) is 9.84. The normalized spacial score (nSPS) is 11.9. The molecule has 11 heteroatoms. The van der Waals surface area contributed by atoms with Crippen molar-refractivity contribution in [1.82, 2.24) is 19.8 Å². The van der Waals surface area contributed by atoms with Crippen molar-refractivity contribution in [1.29, 1.82) is 0 Å². The minimum absolute atomic E-state index is 0.00417. The molecule has 3 aromatic rings. The van der Waals surface area contributed by atoms with E-state index in [1.54, 1.807) is 0 Å². The number of ether oxygens (including phenoxy) is 2. The highest BCUT2D eigenvalue weighted by atomic mass is 16.5. The van der Waals surface area contributed by atoms with Gasteiger partial charge in [0.1, 0.15) is 19.7 Å². The fourth-order valence-electron chi connectivity index (χ4n) is 4.75. The summed E-state index contributed by atoms with van der Waals surface area (Å²) in [5.41, 5.74) is 3.40. The number of carbonyl (C=O) groups excluding carboxylic acids is 3. The summed E-state index contributed by atoms with van der Waals surface area (Å²) in [6, 6.07) is 16.0. The van der Waals surface area contributed by atoms with Gasteiger partial charge >= 0.3 is 17.8 Å². The van der Waals surface area contributed by atoms with Gasteiger partial charge in [0.25, 0.3) is 5.56 Å². The van der Waals surface area contributed by atoms with Crippen LogP contribution in [-0.2, 0) is 25.6 Å². The summed E-state index contributed by atoms with van der Waals surface area (Å²) in [4.78, 5) is 65.2. The molecule has 0 atom stereocenters. The Kier molecular flexibility index (Phi) is 9.73. The molecule has 2 N–H and O–H groups in total. The van der Waals surface area contributed by atoms with Crippen molar-refractivity contribution in [2.75, 3.05) is 32.8 Å². The second-order valence-electron chi connectivity index (χ2n) is 9.84. The first kappa shape index (κ1) is 29.3. The Hall–Kier alpha value is -4.67. The van der Waals surface area contributed by atoms with Gasteiger partial charge in [0.2, 0.25) is 5.91 Å². The first-order chi connectivity index (χ1) is 19.8. The van der Waals surface area contributed by atoms with Crippen molar-refractivity contribution in [2.24, 2.45) is 0 Å². The lowest BCUT2D eigenvalue weighted by Crippen LogP contribution is -2.45. The van der Waals surface area contributed by atoms with Gasteiger partial charge in [-0.15, -0.1) is 0 Å². The van der Waals surface area contributed by atoms with E-state index in [0.717, 1.165) is 33.2 Å². The van der Waals surface area contributed by atoms with Crippen molar-refractivity contribution in [2.45, 2.75) is 39.2 Å². The fourth-order valence-corrected chi connectivity index (χ4v) is 4.75. The van der Waals surface area contributed by atoms with Gasteiger partial charge in [0, 0.05) is 30.8 Å². The maximum absolute atomic E-state index is 13.1. The number of fused-ring (bicyclic) bond motifs is 3. The first-order valence-corrected chi connectivity index (χ1v) is 13.6. The highest BCUT2D eigenvalue weighted by molar-refractivity contribution is 5.82. The number of rotatable bonds is 12. The smallest absolute Gasteiger partial charge is 0.407 e. The molecule has 1 aliphatic rings. The number of H-pyrrole nitrogens is 1. The molecular formula is C30H34N4O7. The summed E-state index contributed by atoms with van der Waals surface area (Å²) in [7, 11) is 0. The number of carbonyl (C=O) groups is 3. The fraction of sp³-hybridized carbons (Fsp3) is 0.367. The number of benzene rings is 2. The summed E-state index contributed by atoms with van der Waals surface area (Å²) in [6.07, 6.45) is 2.16. The minimum Gasteiger partial charge on any atom is -0.464 e. The number of nitrogens with zero attached hydrogens (tertiary/aromatic N) is 2. The lowest BCUT2D eigenvalue weighted by atomic mass is 9.98. The van der Waals surface area contributed by atoms with Crippen LogP contribution in [0.2, 0.25) is 0 Å². The van der Waals surface area contributed by atoms with Gasteiger partial charge in [-0.2, -0.15) is 0 Å². The summed E-state index contributed by atoms with van der Waals surface area (Å²) < 4.78 is 11.8. The highest BCUT2D eigenvalue weighted by Gasteiger charge is 2.29. The van der Waals surface area contributed by atoms with Gasteiger partial charge in [-0.3, -0.25) is 23.9 Å². The van der Waals surface area contributed by atoms with E-state index in [9.17, 15) is 24.0 Å². The Balaban J connectivity index is 1.35. The lowest BCUT2D eigenvalue weighted by Gasteiger charge is -2.22. The Morgan fingerprint density at radius 1 is 1.00 bits per heavy atom. The molecule has 2 amide bonds. The Bertz CT molecular complexity index is 1480. The number of alkyl carbamates (subject to hydrolysis) is 1. The Morgan fingerprint density at radius 3 is 2.32 bits per heavy atom. The number of aromatic nitrogens is 2. The molecule has 4 rings (SSSR count). The van der Waals surface area contributed by atoms with Crippen LogP contribution in [0.25, 0.3) is 11.1 Å². The third-order valence-electron chi connectivity index (χ3n) is 6.92. The van der Waals surface area contributed by atoms with E-state index in [1.165, 1.54) is 18.0 Å². The van der Waals surface area contributed by atoms with E-state index in [-0.39, 0.29) is 44.3 Å². The van der Waals surface area contributed by atoms with Crippen molar-refractivity contribution < 1.29 is 23.9 Å². The predicted molar refractivity (Wildman–Crippen MR) is 152 cm³/mol. The van der Waals surface area contributed by atoms with E-state index in [0.29, 0.717) is 6.42 Å². The van der Waals surface area contributed by atoms with Gasteiger partial charge in [-0.05, 0) is 35.6 Å². The van der Waals surface area contributed by atoms with E-state index in [1.807, 2.05) is 43.3 Å². The van der Waals surface area contributed by atoms with E-state index in [2.05, 4.69) is 22.4 Å². The zero-order chi connectivity index (χ0) is 29.4. The van der Waals surface area contributed by atoms with E-state index < -0.39 is 35.8 Å². The molecule has 0 saturated carbocycles. The minimum atomic E-state index is -0.740. The molecule has 216 valence electrons. The number of aryl methyl sites for hydroxylation is 1. The van der Waals surface area contributed by atoms with Crippen molar-refractivity contribution >= 4 is 18.0 Å². The summed E-state index contributed by atoms with van der Waals surface area (Å²) >= 11 is 0. The van der Waals surface area contributed by atoms with Gasteiger partial charge in [0.15, 0.2) is 0 Å². The number of nitrogens with one attached hydrogen (secondary N) is 2. The van der Waals surface area contributed by atoms with Crippen LogP contribution in [-0.4, -0.2) is 65.3 Å². The first-order valence-electron chi connectivity index (χ1n) is 13.6. The van der Waals surface area contributed by atoms with Crippen LogP contribution in [0.4, 0.5) is 4.79 Å². The average molecular weight is 563 g/mol. The third-order valence-corrected chi connectivity index (χ3v) is 6.92. The molecule has 41 heavy (non-hydrogen) atoms. The molecule has 2 aromatic carbocycles. The van der Waals surface area contributed by atoms with Gasteiger partial charge < -0.3 is 19.7 Å². The monoisotopic (exact) mass is 562 g/mol. The summed E-state index contributed by atoms with van der Waals surface area (Å²) in [5.74, 6) is -1.25. The molecular weight excluding hydrogens is 528 g/mol. The van der Waals surface area contributed by atoms with Crippen molar-refractivity contribution in [3.8, 4) is 11.1 Å². The van der Waals surface area contributed by atoms with Crippen LogP contribution in [0.15, 0.2) is 64.3 Å². The Labute approximate surface area is 237 Å². The molecule has 0 aliphatic heterocycles.